The predicted molar refractivity (Wildman–Crippen MR) is 61.2 cm³/mol. The second-order valence-electron chi connectivity index (χ2n) is 4.89. The van der Waals surface area contributed by atoms with Gasteiger partial charge in [-0.25, -0.2) is 0 Å². The maximum Gasteiger partial charge on any atom is 0.306 e. The number of rotatable bonds is 1. The Labute approximate surface area is 94.6 Å². The number of carboxylic acid groups (broad SMARTS) is 1. The molecule has 0 aromatic heterocycles. The molecule has 0 radical (unpaired) electrons. The van der Waals surface area contributed by atoms with Gasteiger partial charge in [-0.1, -0.05) is 12.2 Å². The SMILES string of the molecule is O=C(O)C1CCC2C(=NC3=CC=CCC32)C1. The van der Waals surface area contributed by atoms with Gasteiger partial charge in [0.1, 0.15) is 0 Å². The first-order chi connectivity index (χ1) is 7.75. The summed E-state index contributed by atoms with van der Waals surface area (Å²) in [6.45, 7) is 0. The molecule has 3 atom stereocenters. The van der Waals surface area contributed by atoms with Gasteiger partial charge in [0.25, 0.3) is 0 Å². The van der Waals surface area contributed by atoms with Crippen LogP contribution in [-0.4, -0.2) is 16.8 Å². The van der Waals surface area contributed by atoms with Gasteiger partial charge in [0, 0.05) is 23.2 Å². The van der Waals surface area contributed by atoms with Crippen LogP contribution in [-0.2, 0) is 4.79 Å². The van der Waals surface area contributed by atoms with Crippen LogP contribution in [0.1, 0.15) is 25.7 Å². The number of hydrogen-bond acceptors (Lipinski definition) is 2. The van der Waals surface area contributed by atoms with Crippen LogP contribution in [0.15, 0.2) is 28.9 Å². The Balaban J connectivity index is 1.85. The number of aliphatic imine (C=N–C) groups is 1. The van der Waals surface area contributed by atoms with Crippen LogP contribution >= 0.6 is 0 Å². The predicted octanol–water partition coefficient (Wildman–Crippen LogP) is 2.40. The number of fused-ring (bicyclic) bond motifs is 3. The van der Waals surface area contributed by atoms with Gasteiger partial charge in [-0.05, 0) is 31.8 Å². The summed E-state index contributed by atoms with van der Waals surface area (Å²) in [5, 5.41) is 9.03. The molecular weight excluding hydrogens is 202 g/mol. The average molecular weight is 217 g/mol. The summed E-state index contributed by atoms with van der Waals surface area (Å²) in [7, 11) is 0. The molecule has 1 saturated carbocycles. The Kier molecular flexibility index (Phi) is 2.20. The van der Waals surface area contributed by atoms with E-state index in [-0.39, 0.29) is 5.92 Å². The van der Waals surface area contributed by atoms with Gasteiger partial charge in [0.15, 0.2) is 0 Å². The van der Waals surface area contributed by atoms with Crippen molar-refractivity contribution in [3.8, 4) is 0 Å². The van der Waals surface area contributed by atoms with E-state index in [1.54, 1.807) is 0 Å². The van der Waals surface area contributed by atoms with Crippen LogP contribution in [0.5, 0.6) is 0 Å². The van der Waals surface area contributed by atoms with Crippen molar-refractivity contribution in [1.82, 2.24) is 0 Å². The van der Waals surface area contributed by atoms with Crippen LogP contribution in [0.25, 0.3) is 0 Å². The lowest BCUT2D eigenvalue weighted by Gasteiger charge is -2.28. The molecule has 1 heterocycles. The smallest absolute Gasteiger partial charge is 0.306 e. The minimum Gasteiger partial charge on any atom is -0.481 e. The van der Waals surface area contributed by atoms with Crippen molar-refractivity contribution in [3.63, 3.8) is 0 Å². The van der Waals surface area contributed by atoms with E-state index in [2.05, 4.69) is 23.2 Å². The molecule has 3 nitrogen and oxygen atoms in total. The molecule has 2 aliphatic carbocycles. The van der Waals surface area contributed by atoms with E-state index in [4.69, 9.17) is 5.11 Å². The molecule has 1 N–H and O–H groups in total. The third-order valence-electron chi connectivity index (χ3n) is 3.99. The third-order valence-corrected chi connectivity index (χ3v) is 3.99. The van der Waals surface area contributed by atoms with Gasteiger partial charge < -0.3 is 5.11 Å². The first kappa shape index (κ1) is 9.82. The summed E-state index contributed by atoms with van der Waals surface area (Å²) in [5.41, 5.74) is 2.31. The van der Waals surface area contributed by atoms with Gasteiger partial charge in [-0.3, -0.25) is 9.79 Å². The molecule has 3 heteroatoms. The number of carboxylic acids is 1. The van der Waals surface area contributed by atoms with Gasteiger partial charge in [-0.2, -0.15) is 0 Å². The van der Waals surface area contributed by atoms with Crippen molar-refractivity contribution < 1.29 is 9.90 Å². The Hall–Kier alpha value is -1.38. The highest BCUT2D eigenvalue weighted by atomic mass is 16.4. The second kappa shape index (κ2) is 3.58. The Morgan fingerprint density at radius 2 is 2.25 bits per heavy atom. The Morgan fingerprint density at radius 3 is 3.06 bits per heavy atom. The zero-order valence-electron chi connectivity index (χ0n) is 9.10. The fourth-order valence-electron chi connectivity index (χ4n) is 3.12. The van der Waals surface area contributed by atoms with Gasteiger partial charge in [0.05, 0.1) is 5.92 Å². The summed E-state index contributed by atoms with van der Waals surface area (Å²) in [4.78, 5) is 15.6. The maximum atomic E-state index is 11.0. The van der Waals surface area contributed by atoms with Crippen LogP contribution < -0.4 is 0 Å². The van der Waals surface area contributed by atoms with E-state index in [0.29, 0.717) is 18.3 Å². The van der Waals surface area contributed by atoms with Crippen molar-refractivity contribution in [3.05, 3.63) is 23.9 Å². The fraction of sp³-hybridized carbons (Fsp3) is 0.538. The maximum absolute atomic E-state index is 11.0. The van der Waals surface area contributed by atoms with Crippen LogP contribution in [0.4, 0.5) is 0 Å². The molecule has 3 unspecified atom stereocenters. The van der Waals surface area contributed by atoms with Crippen LogP contribution in [0.3, 0.4) is 0 Å². The summed E-state index contributed by atoms with van der Waals surface area (Å²) >= 11 is 0. The van der Waals surface area contributed by atoms with E-state index in [9.17, 15) is 4.79 Å². The molecule has 0 saturated heterocycles. The lowest BCUT2D eigenvalue weighted by molar-refractivity contribution is -0.142. The molecule has 16 heavy (non-hydrogen) atoms. The minimum atomic E-state index is -0.664. The van der Waals surface area contributed by atoms with Crippen molar-refractivity contribution in [2.45, 2.75) is 25.7 Å². The summed E-state index contributed by atoms with van der Waals surface area (Å²) in [6, 6.07) is 0. The van der Waals surface area contributed by atoms with Crippen molar-refractivity contribution in [2.24, 2.45) is 22.7 Å². The topological polar surface area (TPSA) is 49.7 Å². The molecule has 0 spiro atoms. The summed E-state index contributed by atoms with van der Waals surface area (Å²) < 4.78 is 0. The zero-order chi connectivity index (χ0) is 11.1. The number of carbonyl (C=O) groups is 1. The molecule has 3 rings (SSSR count). The van der Waals surface area contributed by atoms with E-state index < -0.39 is 5.97 Å². The van der Waals surface area contributed by atoms with E-state index in [1.165, 1.54) is 5.70 Å². The highest BCUT2D eigenvalue weighted by molar-refractivity contribution is 5.94. The number of nitrogens with zero attached hydrogens (tertiary/aromatic N) is 1. The lowest BCUT2D eigenvalue weighted by atomic mass is 9.74. The van der Waals surface area contributed by atoms with Gasteiger partial charge in [-0.15, -0.1) is 0 Å². The normalized spacial score (nSPS) is 36.1. The van der Waals surface area contributed by atoms with Gasteiger partial charge in [0.2, 0.25) is 0 Å². The van der Waals surface area contributed by atoms with Crippen LogP contribution in [0.2, 0.25) is 0 Å². The van der Waals surface area contributed by atoms with E-state index in [0.717, 1.165) is 25.0 Å². The van der Waals surface area contributed by atoms with E-state index in [1.807, 2.05) is 0 Å². The summed E-state index contributed by atoms with van der Waals surface area (Å²) in [6.07, 6.45) is 9.86. The standard InChI is InChI=1S/C13H15NO2/c15-13(16)8-5-6-10-9-3-1-2-4-11(9)14-12(10)7-8/h1-2,4,8-10H,3,5-7H2,(H,15,16). The van der Waals surface area contributed by atoms with Crippen molar-refractivity contribution in [1.29, 1.82) is 0 Å². The highest BCUT2D eigenvalue weighted by Crippen LogP contribution is 2.43. The average Bonchev–Trinajstić information content (AvgIpc) is 2.66. The zero-order valence-corrected chi connectivity index (χ0v) is 9.10. The first-order valence-corrected chi connectivity index (χ1v) is 5.92. The largest absolute Gasteiger partial charge is 0.481 e. The molecule has 0 aromatic carbocycles. The molecule has 0 amide bonds. The highest BCUT2D eigenvalue weighted by Gasteiger charge is 2.40. The van der Waals surface area contributed by atoms with Crippen molar-refractivity contribution in [2.75, 3.05) is 0 Å². The van der Waals surface area contributed by atoms with E-state index >= 15 is 0 Å². The molecule has 1 aliphatic heterocycles. The molecule has 0 bridgehead atoms. The Morgan fingerprint density at radius 1 is 1.38 bits per heavy atom. The molecule has 3 aliphatic rings. The quantitative estimate of drug-likeness (QED) is 0.733. The van der Waals surface area contributed by atoms with Crippen molar-refractivity contribution >= 4 is 11.7 Å². The first-order valence-electron chi connectivity index (χ1n) is 5.92. The number of hydrogen-bond donors (Lipinski definition) is 1. The minimum absolute atomic E-state index is 0.205. The summed E-state index contributed by atoms with van der Waals surface area (Å²) in [5.74, 6) is 0.188. The molecule has 84 valence electrons. The number of allylic oxidation sites excluding steroid dienone is 4. The second-order valence-corrected chi connectivity index (χ2v) is 4.89. The molecule has 0 aromatic rings. The number of aliphatic carboxylic acids is 1. The molecular formula is C13H15NO2. The Bertz CT molecular complexity index is 420. The fourth-order valence-corrected chi connectivity index (χ4v) is 3.12. The lowest BCUT2D eigenvalue weighted by Crippen LogP contribution is -2.30. The van der Waals surface area contributed by atoms with Crippen LogP contribution in [0, 0.1) is 17.8 Å². The monoisotopic (exact) mass is 217 g/mol. The van der Waals surface area contributed by atoms with Gasteiger partial charge >= 0.3 is 5.97 Å². The molecule has 1 fully saturated rings. The third kappa shape index (κ3) is 1.42.